The first-order valence-corrected chi connectivity index (χ1v) is 16.2. The van der Waals surface area contributed by atoms with Gasteiger partial charge in [-0.15, -0.1) is 0 Å². The Morgan fingerprint density at radius 1 is 0.717 bits per heavy atom. The maximum absolute atomic E-state index is 13.2. The average Bonchev–Trinajstić information content (AvgIpc) is 3.10. The second-order valence-corrected chi connectivity index (χ2v) is 11.5. The van der Waals surface area contributed by atoms with Crippen LogP contribution in [0, 0.1) is 0 Å². The maximum Gasteiger partial charge on any atom is 0.303 e. The van der Waals surface area contributed by atoms with Gasteiger partial charge in [0.25, 0.3) is 0 Å². The number of nitrogens with two attached hydrogens (primary N) is 1. The first kappa shape index (κ1) is 44.8. The molecule has 0 aliphatic carbocycles. The fourth-order valence-corrected chi connectivity index (χ4v) is 4.34. The van der Waals surface area contributed by atoms with Crippen LogP contribution in [-0.4, -0.2) is 142 Å². The van der Waals surface area contributed by atoms with Crippen LogP contribution in [0.4, 0.5) is 0 Å². The summed E-state index contributed by atoms with van der Waals surface area (Å²) in [4.78, 5) is 126. The highest BCUT2D eigenvalue weighted by Crippen LogP contribution is 2.03. The molecule has 0 aliphatic rings. The van der Waals surface area contributed by atoms with Crippen LogP contribution in [0.5, 0.6) is 0 Å². The Morgan fingerprint density at radius 3 is 1.83 bits per heavy atom. The van der Waals surface area contributed by atoms with E-state index >= 15 is 0 Å². The number of likely N-dealkylation sites (N-methyl/N-ethyl adjacent to an activating group) is 1. The lowest BCUT2D eigenvalue weighted by atomic mass is 10.1. The number of amides is 8. The lowest BCUT2D eigenvalue weighted by Gasteiger charge is -2.25. The van der Waals surface area contributed by atoms with E-state index in [2.05, 4.69) is 36.9 Å². The summed E-state index contributed by atoms with van der Waals surface area (Å²) >= 11 is 0. The van der Waals surface area contributed by atoms with E-state index in [1.165, 1.54) is 19.4 Å². The van der Waals surface area contributed by atoms with Gasteiger partial charge in [0, 0.05) is 51.9 Å². The zero-order valence-corrected chi connectivity index (χ0v) is 28.9. The molecule has 3 atom stereocenters. The van der Waals surface area contributed by atoms with Gasteiger partial charge in [-0.2, -0.15) is 0 Å². The van der Waals surface area contributed by atoms with Crippen molar-refractivity contribution in [1.29, 1.82) is 0 Å². The molecule has 0 saturated carbocycles. The van der Waals surface area contributed by atoms with Crippen molar-refractivity contribution in [2.24, 2.45) is 5.73 Å². The largest absolute Gasteiger partial charge is 0.481 e. The topological polar surface area (TPSA) is 346 Å². The van der Waals surface area contributed by atoms with E-state index < -0.39 is 116 Å². The smallest absolute Gasteiger partial charge is 0.303 e. The number of carboxylic acids is 2. The molecule has 1 aromatic rings. The highest BCUT2D eigenvalue weighted by molar-refractivity contribution is 5.95. The second-order valence-electron chi connectivity index (χ2n) is 11.5. The third-order valence-electron chi connectivity index (χ3n) is 7.15. The van der Waals surface area contributed by atoms with E-state index in [0.717, 1.165) is 4.90 Å². The van der Waals surface area contributed by atoms with Gasteiger partial charge < -0.3 is 57.9 Å². The molecule has 22 nitrogen and oxygen atoms in total. The summed E-state index contributed by atoms with van der Waals surface area (Å²) < 4.78 is 0. The Labute approximate surface area is 303 Å². The summed E-state index contributed by atoms with van der Waals surface area (Å²) in [5, 5.41) is 41.0. The maximum atomic E-state index is 13.2. The minimum absolute atomic E-state index is 0.131. The molecule has 1 rings (SSSR count). The van der Waals surface area contributed by atoms with Crippen LogP contribution in [-0.2, 0) is 54.4 Å². The molecule has 0 aliphatic heterocycles. The molecule has 0 radical (unpaired) electrons. The number of aliphatic hydroxyl groups excluding tert-OH is 1. The zero-order valence-electron chi connectivity index (χ0n) is 28.9. The lowest BCUT2D eigenvalue weighted by Crippen LogP contribution is -2.56. The van der Waals surface area contributed by atoms with E-state index in [-0.39, 0.29) is 38.9 Å². The molecule has 53 heavy (non-hydrogen) atoms. The van der Waals surface area contributed by atoms with Crippen molar-refractivity contribution in [3.63, 3.8) is 0 Å². The average molecular weight is 752 g/mol. The van der Waals surface area contributed by atoms with E-state index in [0.29, 0.717) is 5.56 Å². The Kier molecular flexibility index (Phi) is 20.4. The van der Waals surface area contributed by atoms with Crippen LogP contribution < -0.4 is 37.6 Å². The van der Waals surface area contributed by atoms with Crippen LogP contribution in [0.2, 0.25) is 0 Å². The van der Waals surface area contributed by atoms with Crippen molar-refractivity contribution in [3.8, 4) is 0 Å². The lowest BCUT2D eigenvalue weighted by molar-refractivity contribution is -0.139. The van der Waals surface area contributed by atoms with Crippen molar-refractivity contribution in [1.82, 2.24) is 41.8 Å². The molecular formula is C31H45N9O13. The van der Waals surface area contributed by atoms with Gasteiger partial charge in [0.2, 0.25) is 47.3 Å². The van der Waals surface area contributed by atoms with E-state index in [9.17, 15) is 47.9 Å². The molecule has 1 heterocycles. The summed E-state index contributed by atoms with van der Waals surface area (Å²) in [5.74, 6) is -8.94. The number of nitrogens with one attached hydrogen (secondary N) is 6. The number of carbonyl (C=O) groups excluding carboxylic acids is 8. The molecular weight excluding hydrogens is 706 g/mol. The van der Waals surface area contributed by atoms with Gasteiger partial charge in [0.1, 0.15) is 24.7 Å². The Bertz CT molecular complexity index is 1480. The summed E-state index contributed by atoms with van der Waals surface area (Å²) in [6.07, 6.45) is 0.212. The molecule has 0 aromatic carbocycles. The highest BCUT2D eigenvalue weighted by atomic mass is 16.4. The fourth-order valence-electron chi connectivity index (χ4n) is 4.34. The van der Waals surface area contributed by atoms with Crippen molar-refractivity contribution in [2.75, 3.05) is 39.8 Å². The van der Waals surface area contributed by atoms with Crippen LogP contribution in [0.25, 0.3) is 0 Å². The molecule has 0 fully saturated rings. The SMILES string of the molecule is CN(CC[C@H](NC(=O)[C@H](CC(N)=O)NC(=O)Cc1ccncc1)C(=O)NCCNC(=O)[C@@H](CCC(=O)O)NC(=O)CNC(=O)CCC(=O)O)C(=O)CO. The number of hydrogen-bond acceptors (Lipinski definition) is 12. The summed E-state index contributed by atoms with van der Waals surface area (Å²) in [6, 6.07) is -1.08. The first-order chi connectivity index (χ1) is 25.0. The number of aliphatic carboxylic acids is 2. The quantitative estimate of drug-likeness (QED) is 0.0418. The number of carboxylic acid groups (broad SMARTS) is 2. The molecule has 22 heteroatoms. The van der Waals surface area contributed by atoms with Gasteiger partial charge in [0.05, 0.1) is 25.8 Å². The van der Waals surface area contributed by atoms with E-state index in [1.807, 2.05) is 0 Å². The normalized spacial score (nSPS) is 12.1. The second kappa shape index (κ2) is 24.1. The molecule has 11 N–H and O–H groups in total. The predicted octanol–water partition coefficient (Wildman–Crippen LogP) is -5.13. The minimum atomic E-state index is -1.48. The number of pyridine rings is 1. The minimum Gasteiger partial charge on any atom is -0.481 e. The molecule has 292 valence electrons. The van der Waals surface area contributed by atoms with Gasteiger partial charge in [-0.1, -0.05) is 0 Å². The van der Waals surface area contributed by atoms with E-state index in [1.54, 1.807) is 12.1 Å². The number of nitrogens with zero attached hydrogens (tertiary/aromatic N) is 2. The monoisotopic (exact) mass is 751 g/mol. The first-order valence-electron chi connectivity index (χ1n) is 16.2. The van der Waals surface area contributed by atoms with Gasteiger partial charge >= 0.3 is 11.9 Å². The summed E-state index contributed by atoms with van der Waals surface area (Å²) in [6.45, 7) is -2.08. The standard InChI is InChI=1S/C31H45N9O13/c1-40(26(46)17-41)13-8-20(39-31(53)21(15-22(32)42)38-24(44)14-18-6-9-33-10-7-18)30(52)35-12-11-34-29(51)19(2-4-27(47)48)37-25(45)16-36-23(43)3-5-28(49)50/h6-7,9-10,19-21,41H,2-5,8,11-17H2,1H3,(H2,32,42)(H,34,51)(H,35,52)(H,36,43)(H,37,45)(H,38,44)(H,39,53)(H,47,48)(H,49,50)/t19-,20+,21+/m1/s1. The molecule has 0 saturated heterocycles. The number of aliphatic hydroxyl groups is 1. The van der Waals surface area contributed by atoms with Crippen LogP contribution >= 0.6 is 0 Å². The van der Waals surface area contributed by atoms with E-state index in [4.69, 9.17) is 21.1 Å². The Hall–Kier alpha value is -6.19. The number of hydrogen-bond donors (Lipinski definition) is 10. The highest BCUT2D eigenvalue weighted by Gasteiger charge is 2.29. The zero-order chi connectivity index (χ0) is 39.9. The van der Waals surface area contributed by atoms with Gasteiger partial charge in [0.15, 0.2) is 0 Å². The Morgan fingerprint density at radius 2 is 1.28 bits per heavy atom. The molecule has 0 unspecified atom stereocenters. The number of primary amides is 1. The number of aromatic nitrogens is 1. The number of rotatable bonds is 25. The van der Waals surface area contributed by atoms with Gasteiger partial charge in [-0.3, -0.25) is 52.9 Å². The fraction of sp³-hybridized carbons (Fsp3) is 0.516. The third-order valence-corrected chi connectivity index (χ3v) is 7.15. The van der Waals surface area contributed by atoms with Gasteiger partial charge in [-0.25, -0.2) is 0 Å². The molecule has 1 aromatic heterocycles. The molecule has 0 bridgehead atoms. The Balaban J connectivity index is 2.91. The van der Waals surface area contributed by atoms with Crippen molar-refractivity contribution in [3.05, 3.63) is 30.1 Å². The van der Waals surface area contributed by atoms with Crippen LogP contribution in [0.1, 0.15) is 44.1 Å². The van der Waals surface area contributed by atoms with Crippen molar-refractivity contribution < 1.29 is 63.3 Å². The van der Waals surface area contributed by atoms with Gasteiger partial charge in [-0.05, 0) is 30.5 Å². The number of carbonyl (C=O) groups is 10. The third kappa shape index (κ3) is 19.7. The molecule has 8 amide bonds. The molecule has 0 spiro atoms. The van der Waals surface area contributed by atoms with Crippen LogP contribution in [0.15, 0.2) is 24.5 Å². The summed E-state index contributed by atoms with van der Waals surface area (Å²) in [7, 11) is 1.34. The predicted molar refractivity (Wildman–Crippen MR) is 180 cm³/mol. The van der Waals surface area contributed by atoms with Crippen LogP contribution in [0.3, 0.4) is 0 Å². The van der Waals surface area contributed by atoms with Crippen molar-refractivity contribution >= 4 is 59.2 Å². The summed E-state index contributed by atoms with van der Waals surface area (Å²) in [5.41, 5.74) is 5.85. The van der Waals surface area contributed by atoms with Crippen molar-refractivity contribution in [2.45, 2.75) is 63.1 Å².